The molecule has 4 atom stereocenters. The average molecular weight is 298 g/mol. The Labute approximate surface area is 125 Å². The minimum Gasteiger partial charge on any atom is -0.480 e. The van der Waals surface area contributed by atoms with Gasteiger partial charge in [0.1, 0.15) is 5.54 Å². The third-order valence-electron chi connectivity index (χ3n) is 4.81. The first kappa shape index (κ1) is 16.1. The van der Waals surface area contributed by atoms with Gasteiger partial charge in [0.15, 0.2) is 0 Å². The number of aliphatic carboxylic acids is 1. The third-order valence-corrected chi connectivity index (χ3v) is 4.81. The first-order valence-electron chi connectivity index (χ1n) is 7.93. The van der Waals surface area contributed by atoms with Gasteiger partial charge < -0.3 is 20.8 Å². The van der Waals surface area contributed by atoms with Crippen LogP contribution >= 0.6 is 0 Å². The Balaban J connectivity index is 1.96. The lowest BCUT2D eigenvalue weighted by Crippen LogP contribution is -2.61. The van der Waals surface area contributed by atoms with E-state index in [1.54, 1.807) is 0 Å². The van der Waals surface area contributed by atoms with Gasteiger partial charge in [-0.1, -0.05) is 32.6 Å². The molecule has 0 aromatic heterocycles. The van der Waals surface area contributed by atoms with Crippen LogP contribution in [0.2, 0.25) is 0 Å². The molecular weight excluding hydrogens is 272 g/mol. The van der Waals surface area contributed by atoms with Gasteiger partial charge in [-0.05, 0) is 31.6 Å². The van der Waals surface area contributed by atoms with Crippen LogP contribution in [0.25, 0.3) is 0 Å². The number of carbonyl (C=O) groups excluding carboxylic acids is 1. The predicted molar refractivity (Wildman–Crippen MR) is 77.9 cm³/mol. The highest BCUT2D eigenvalue weighted by Gasteiger charge is 2.43. The van der Waals surface area contributed by atoms with Crippen LogP contribution in [-0.4, -0.2) is 39.9 Å². The summed E-state index contributed by atoms with van der Waals surface area (Å²) in [4.78, 5) is 23.8. The van der Waals surface area contributed by atoms with Crippen molar-refractivity contribution in [2.24, 2.45) is 5.92 Å². The second kappa shape index (κ2) is 6.64. The van der Waals surface area contributed by atoms with E-state index < -0.39 is 23.6 Å². The molecule has 0 heterocycles. The Morgan fingerprint density at radius 2 is 1.86 bits per heavy atom. The molecule has 0 aliphatic heterocycles. The number of carbonyl (C=O) groups is 2. The smallest absolute Gasteiger partial charge is 0.329 e. The van der Waals surface area contributed by atoms with Crippen molar-refractivity contribution >= 4 is 12.0 Å². The molecule has 2 fully saturated rings. The van der Waals surface area contributed by atoms with Gasteiger partial charge in [0.25, 0.3) is 0 Å². The number of carboxylic acids is 1. The fourth-order valence-electron chi connectivity index (χ4n) is 3.61. The van der Waals surface area contributed by atoms with Gasteiger partial charge in [0.05, 0.1) is 12.1 Å². The Bertz CT molecular complexity index is 401. The van der Waals surface area contributed by atoms with Crippen molar-refractivity contribution in [3.05, 3.63) is 0 Å². The van der Waals surface area contributed by atoms with E-state index in [9.17, 15) is 19.8 Å². The molecule has 21 heavy (non-hydrogen) atoms. The van der Waals surface area contributed by atoms with Crippen LogP contribution in [-0.2, 0) is 4.79 Å². The Hall–Kier alpha value is -1.30. The largest absolute Gasteiger partial charge is 0.480 e. The summed E-state index contributed by atoms with van der Waals surface area (Å²) in [5.74, 6) is -0.677. The maximum absolute atomic E-state index is 12.1. The van der Waals surface area contributed by atoms with Gasteiger partial charge in [0.2, 0.25) is 0 Å². The van der Waals surface area contributed by atoms with Crippen molar-refractivity contribution in [2.75, 3.05) is 0 Å². The maximum atomic E-state index is 12.1. The van der Waals surface area contributed by atoms with Crippen molar-refractivity contribution in [1.29, 1.82) is 0 Å². The summed E-state index contributed by atoms with van der Waals surface area (Å²) >= 11 is 0. The topological polar surface area (TPSA) is 98.7 Å². The van der Waals surface area contributed by atoms with Gasteiger partial charge in [-0.3, -0.25) is 0 Å². The number of nitrogens with one attached hydrogen (secondary N) is 2. The zero-order valence-corrected chi connectivity index (χ0v) is 12.6. The molecule has 0 bridgehead atoms. The van der Waals surface area contributed by atoms with Crippen molar-refractivity contribution in [1.82, 2.24) is 10.6 Å². The minimum absolute atomic E-state index is 0.273. The van der Waals surface area contributed by atoms with Crippen molar-refractivity contribution in [2.45, 2.75) is 76.0 Å². The summed E-state index contributed by atoms with van der Waals surface area (Å²) in [6, 6.07) is -0.747. The second-order valence-electron chi connectivity index (χ2n) is 6.65. The van der Waals surface area contributed by atoms with E-state index >= 15 is 0 Å². The van der Waals surface area contributed by atoms with Crippen LogP contribution in [0.15, 0.2) is 0 Å². The molecule has 0 spiro atoms. The third kappa shape index (κ3) is 3.87. The number of aliphatic hydroxyl groups excluding tert-OH is 1. The fourth-order valence-corrected chi connectivity index (χ4v) is 3.61. The number of hydrogen-bond donors (Lipinski definition) is 4. The van der Waals surface area contributed by atoms with Gasteiger partial charge in [-0.15, -0.1) is 0 Å². The van der Waals surface area contributed by atoms with Crippen molar-refractivity contribution < 1.29 is 19.8 Å². The van der Waals surface area contributed by atoms with E-state index in [-0.39, 0.29) is 12.0 Å². The van der Waals surface area contributed by atoms with E-state index in [0.717, 1.165) is 32.1 Å². The first-order valence-corrected chi connectivity index (χ1v) is 7.93. The first-order chi connectivity index (χ1) is 9.93. The molecular formula is C15H26N2O4. The van der Waals surface area contributed by atoms with Crippen LogP contribution in [0.4, 0.5) is 4.79 Å². The number of aliphatic hydroxyl groups is 1. The van der Waals surface area contributed by atoms with Crippen molar-refractivity contribution in [3.8, 4) is 0 Å². The summed E-state index contributed by atoms with van der Waals surface area (Å²) in [6.45, 7) is 2.02. The maximum Gasteiger partial charge on any atom is 0.329 e. The second-order valence-corrected chi connectivity index (χ2v) is 6.65. The molecule has 6 heteroatoms. The molecule has 0 aromatic rings. The van der Waals surface area contributed by atoms with E-state index in [1.165, 1.54) is 0 Å². The van der Waals surface area contributed by atoms with Gasteiger partial charge >= 0.3 is 12.0 Å². The normalized spacial score (nSPS) is 36.8. The molecule has 0 radical (unpaired) electrons. The van der Waals surface area contributed by atoms with Gasteiger partial charge in [0, 0.05) is 0 Å². The SMILES string of the molecule is CC1CCCC(NC(=O)NC2CCCCC2O)(C(=O)O)C1. The summed E-state index contributed by atoms with van der Waals surface area (Å²) in [5.41, 5.74) is -1.17. The average Bonchev–Trinajstić information content (AvgIpc) is 2.41. The molecule has 4 N–H and O–H groups in total. The lowest BCUT2D eigenvalue weighted by Gasteiger charge is -2.38. The standard InChI is InChI=1S/C15H26N2O4/c1-10-5-4-8-15(9-10,13(19)20)17-14(21)16-11-6-2-3-7-12(11)18/h10-12,18H,2-9H2,1H3,(H,19,20)(H2,16,17,21). The van der Waals surface area contributed by atoms with Crippen LogP contribution in [0.1, 0.15) is 58.3 Å². The summed E-state index contributed by atoms with van der Waals surface area (Å²) in [6.07, 6.45) is 5.57. The Morgan fingerprint density at radius 3 is 2.48 bits per heavy atom. The molecule has 2 aliphatic carbocycles. The molecule has 2 aliphatic rings. The monoisotopic (exact) mass is 298 g/mol. The number of carboxylic acid groups (broad SMARTS) is 1. The lowest BCUT2D eigenvalue weighted by atomic mass is 9.76. The predicted octanol–water partition coefficient (Wildman–Crippen LogP) is 1.62. The summed E-state index contributed by atoms with van der Waals surface area (Å²) in [5, 5.41) is 24.8. The zero-order chi connectivity index (χ0) is 15.5. The molecule has 4 unspecified atom stereocenters. The lowest BCUT2D eigenvalue weighted by molar-refractivity contribution is -0.146. The van der Waals surface area contributed by atoms with Crippen LogP contribution in [0.5, 0.6) is 0 Å². The number of hydrogen-bond acceptors (Lipinski definition) is 3. The van der Waals surface area contributed by atoms with Crippen LogP contribution < -0.4 is 10.6 Å². The highest BCUT2D eigenvalue weighted by Crippen LogP contribution is 2.32. The molecule has 2 amide bonds. The fraction of sp³-hybridized carbons (Fsp3) is 0.867. The van der Waals surface area contributed by atoms with E-state index in [1.807, 2.05) is 6.92 Å². The number of urea groups is 1. The Kier molecular flexibility index (Phi) is 5.08. The number of rotatable bonds is 3. The minimum atomic E-state index is -1.17. The van der Waals surface area contributed by atoms with Gasteiger partial charge in [-0.2, -0.15) is 0 Å². The molecule has 0 saturated heterocycles. The quantitative estimate of drug-likeness (QED) is 0.636. The highest BCUT2D eigenvalue weighted by molar-refractivity contribution is 5.86. The van der Waals surface area contributed by atoms with Crippen LogP contribution in [0.3, 0.4) is 0 Å². The van der Waals surface area contributed by atoms with Gasteiger partial charge in [-0.25, -0.2) is 9.59 Å². The van der Waals surface area contributed by atoms with Crippen LogP contribution in [0, 0.1) is 5.92 Å². The molecule has 2 saturated carbocycles. The molecule has 2 rings (SSSR count). The number of amides is 2. The summed E-state index contributed by atoms with van der Waals surface area (Å²) in [7, 11) is 0. The molecule has 120 valence electrons. The highest BCUT2D eigenvalue weighted by atomic mass is 16.4. The molecule has 6 nitrogen and oxygen atoms in total. The Morgan fingerprint density at radius 1 is 1.14 bits per heavy atom. The van der Waals surface area contributed by atoms with E-state index in [2.05, 4.69) is 10.6 Å². The van der Waals surface area contributed by atoms with E-state index in [0.29, 0.717) is 19.3 Å². The van der Waals surface area contributed by atoms with Crippen molar-refractivity contribution in [3.63, 3.8) is 0 Å². The van der Waals surface area contributed by atoms with E-state index in [4.69, 9.17) is 0 Å². The molecule has 0 aromatic carbocycles. The zero-order valence-electron chi connectivity index (χ0n) is 12.6. The summed E-state index contributed by atoms with van der Waals surface area (Å²) < 4.78 is 0.